The van der Waals surface area contributed by atoms with Crippen LogP contribution in [0.1, 0.15) is 23.2 Å². The summed E-state index contributed by atoms with van der Waals surface area (Å²) in [6.45, 7) is 1.71. The minimum absolute atomic E-state index is 0.109. The number of nitrogens with zero attached hydrogens (tertiary/aromatic N) is 1. The van der Waals surface area contributed by atoms with Crippen LogP contribution in [0.2, 0.25) is 5.02 Å². The van der Waals surface area contributed by atoms with Crippen molar-refractivity contribution in [3.05, 3.63) is 28.8 Å². The molecule has 0 saturated carbocycles. The number of nitrogens with two attached hydrogens (primary N) is 1. The highest BCUT2D eigenvalue weighted by Crippen LogP contribution is 2.19. The van der Waals surface area contributed by atoms with Gasteiger partial charge in [-0.1, -0.05) is 11.6 Å². The van der Waals surface area contributed by atoms with Gasteiger partial charge in [-0.25, -0.2) is 0 Å². The summed E-state index contributed by atoms with van der Waals surface area (Å²) in [5.41, 5.74) is 6.62. The van der Waals surface area contributed by atoms with Gasteiger partial charge >= 0.3 is 0 Å². The normalized spacial score (nSPS) is 10.7. The predicted molar refractivity (Wildman–Crippen MR) is 76.0 cm³/mol. The Kier molecular flexibility index (Phi) is 5.95. The van der Waals surface area contributed by atoms with Crippen molar-refractivity contribution in [2.45, 2.75) is 12.8 Å². The third-order valence-electron chi connectivity index (χ3n) is 2.58. The number of halogens is 1. The first kappa shape index (κ1) is 14.8. The van der Waals surface area contributed by atoms with Crippen molar-refractivity contribution in [3.8, 4) is 0 Å². The molecular formula is C13H20ClN3O. The van der Waals surface area contributed by atoms with Gasteiger partial charge in [0.1, 0.15) is 0 Å². The van der Waals surface area contributed by atoms with Crippen molar-refractivity contribution >= 4 is 23.2 Å². The lowest BCUT2D eigenvalue weighted by Crippen LogP contribution is -2.25. The van der Waals surface area contributed by atoms with Crippen LogP contribution < -0.4 is 11.1 Å². The van der Waals surface area contributed by atoms with Gasteiger partial charge in [-0.15, -0.1) is 0 Å². The van der Waals surface area contributed by atoms with Gasteiger partial charge in [0.15, 0.2) is 0 Å². The van der Waals surface area contributed by atoms with Crippen molar-refractivity contribution in [1.82, 2.24) is 10.2 Å². The van der Waals surface area contributed by atoms with Crippen LogP contribution in [0.4, 0.5) is 5.69 Å². The van der Waals surface area contributed by atoms with Gasteiger partial charge < -0.3 is 16.0 Å². The molecule has 1 amide bonds. The van der Waals surface area contributed by atoms with E-state index in [4.69, 9.17) is 17.3 Å². The van der Waals surface area contributed by atoms with E-state index in [9.17, 15) is 4.79 Å². The molecule has 18 heavy (non-hydrogen) atoms. The maximum absolute atomic E-state index is 11.8. The maximum Gasteiger partial charge on any atom is 0.251 e. The Balaban J connectivity index is 2.34. The van der Waals surface area contributed by atoms with E-state index >= 15 is 0 Å². The molecule has 100 valence electrons. The fraction of sp³-hybridized carbons (Fsp3) is 0.462. The van der Waals surface area contributed by atoms with Crippen LogP contribution in [0.5, 0.6) is 0 Å². The Morgan fingerprint density at radius 2 is 2.11 bits per heavy atom. The number of unbranched alkanes of at least 4 members (excludes halogenated alkanes) is 1. The Hall–Kier alpha value is -1.26. The zero-order valence-electron chi connectivity index (χ0n) is 10.9. The van der Waals surface area contributed by atoms with Gasteiger partial charge in [-0.3, -0.25) is 4.79 Å². The smallest absolute Gasteiger partial charge is 0.251 e. The second-order valence-electron chi connectivity index (χ2n) is 4.50. The first-order valence-electron chi connectivity index (χ1n) is 5.98. The number of benzene rings is 1. The third-order valence-corrected chi connectivity index (χ3v) is 2.91. The summed E-state index contributed by atoms with van der Waals surface area (Å²) >= 11 is 5.87. The number of hydrogen-bond acceptors (Lipinski definition) is 3. The van der Waals surface area contributed by atoms with Gasteiger partial charge in [0, 0.05) is 12.1 Å². The summed E-state index contributed by atoms with van der Waals surface area (Å²) in [6.07, 6.45) is 2.03. The molecule has 1 aromatic carbocycles. The second kappa shape index (κ2) is 7.24. The van der Waals surface area contributed by atoms with Crippen LogP contribution in [0.25, 0.3) is 0 Å². The molecule has 0 spiro atoms. The number of amides is 1. The summed E-state index contributed by atoms with van der Waals surface area (Å²) in [7, 11) is 4.07. The summed E-state index contributed by atoms with van der Waals surface area (Å²) in [4.78, 5) is 13.9. The Morgan fingerprint density at radius 1 is 1.39 bits per heavy atom. The number of rotatable bonds is 6. The highest BCUT2D eigenvalue weighted by Gasteiger charge is 2.06. The summed E-state index contributed by atoms with van der Waals surface area (Å²) in [6, 6.07) is 4.91. The molecule has 0 heterocycles. The van der Waals surface area contributed by atoms with Crippen LogP contribution in [0.15, 0.2) is 18.2 Å². The monoisotopic (exact) mass is 269 g/mol. The quantitative estimate of drug-likeness (QED) is 0.613. The molecule has 1 rings (SSSR count). The number of hydrogen-bond donors (Lipinski definition) is 2. The van der Waals surface area contributed by atoms with Crippen molar-refractivity contribution in [2.75, 3.05) is 32.9 Å². The summed E-state index contributed by atoms with van der Waals surface area (Å²) in [5.74, 6) is -0.109. The van der Waals surface area contributed by atoms with E-state index in [-0.39, 0.29) is 5.91 Å². The Bertz CT molecular complexity index is 407. The van der Waals surface area contributed by atoms with Crippen molar-refractivity contribution in [3.63, 3.8) is 0 Å². The first-order valence-corrected chi connectivity index (χ1v) is 6.36. The summed E-state index contributed by atoms with van der Waals surface area (Å²) in [5, 5.41) is 3.27. The molecule has 0 aliphatic rings. The number of nitrogens with one attached hydrogen (secondary N) is 1. The van der Waals surface area contributed by atoms with Crippen molar-refractivity contribution in [2.24, 2.45) is 0 Å². The molecule has 5 heteroatoms. The molecule has 0 atom stereocenters. The zero-order valence-corrected chi connectivity index (χ0v) is 11.6. The molecule has 0 fully saturated rings. The number of carbonyl (C=O) groups excluding carboxylic acids is 1. The molecule has 4 nitrogen and oxygen atoms in total. The average molecular weight is 270 g/mol. The highest BCUT2D eigenvalue weighted by molar-refractivity contribution is 6.33. The van der Waals surface area contributed by atoms with Gasteiger partial charge in [0.2, 0.25) is 0 Å². The molecule has 0 aliphatic carbocycles. The second-order valence-corrected chi connectivity index (χ2v) is 4.91. The topological polar surface area (TPSA) is 58.4 Å². The van der Waals surface area contributed by atoms with E-state index in [1.807, 2.05) is 14.1 Å². The van der Waals surface area contributed by atoms with E-state index in [0.717, 1.165) is 19.4 Å². The van der Waals surface area contributed by atoms with Gasteiger partial charge in [-0.2, -0.15) is 0 Å². The highest BCUT2D eigenvalue weighted by atomic mass is 35.5. The molecule has 0 aromatic heterocycles. The molecule has 0 radical (unpaired) electrons. The third kappa shape index (κ3) is 4.94. The molecule has 0 unspecified atom stereocenters. The van der Waals surface area contributed by atoms with Gasteiger partial charge in [0.05, 0.1) is 10.7 Å². The van der Waals surface area contributed by atoms with Crippen LogP contribution in [0.3, 0.4) is 0 Å². The van der Waals surface area contributed by atoms with Crippen LogP contribution in [-0.2, 0) is 0 Å². The lowest BCUT2D eigenvalue weighted by molar-refractivity contribution is 0.0953. The SMILES string of the molecule is CN(C)CCCCNC(=O)c1ccc(N)c(Cl)c1. The fourth-order valence-electron chi connectivity index (χ4n) is 1.53. The predicted octanol–water partition coefficient (Wildman–Crippen LogP) is 1.99. The molecule has 0 saturated heterocycles. The maximum atomic E-state index is 11.8. The fourth-order valence-corrected chi connectivity index (χ4v) is 1.71. The molecule has 0 aliphatic heterocycles. The lowest BCUT2D eigenvalue weighted by Gasteiger charge is -2.09. The molecule has 1 aromatic rings. The minimum atomic E-state index is -0.109. The minimum Gasteiger partial charge on any atom is -0.398 e. The number of nitrogen functional groups attached to an aromatic ring is 1. The van der Waals surface area contributed by atoms with E-state index in [1.165, 1.54) is 0 Å². The van der Waals surface area contributed by atoms with E-state index < -0.39 is 0 Å². The number of anilines is 1. The van der Waals surface area contributed by atoms with E-state index in [0.29, 0.717) is 22.8 Å². The number of carbonyl (C=O) groups is 1. The van der Waals surface area contributed by atoms with Crippen molar-refractivity contribution in [1.29, 1.82) is 0 Å². The van der Waals surface area contributed by atoms with Crippen LogP contribution in [-0.4, -0.2) is 38.0 Å². The molecule has 3 N–H and O–H groups in total. The average Bonchev–Trinajstić information content (AvgIpc) is 2.31. The first-order chi connectivity index (χ1) is 8.50. The van der Waals surface area contributed by atoms with Crippen LogP contribution in [0, 0.1) is 0 Å². The standard InChI is InChI=1S/C13H20ClN3O/c1-17(2)8-4-3-7-16-13(18)10-5-6-12(15)11(14)9-10/h5-6,9H,3-4,7-8,15H2,1-2H3,(H,16,18). The van der Waals surface area contributed by atoms with Gasteiger partial charge in [-0.05, 0) is 51.7 Å². The van der Waals surface area contributed by atoms with Gasteiger partial charge in [0.25, 0.3) is 5.91 Å². The van der Waals surface area contributed by atoms with E-state index in [1.54, 1.807) is 18.2 Å². The molecular weight excluding hydrogens is 250 g/mol. The Labute approximate surface area is 113 Å². The van der Waals surface area contributed by atoms with E-state index in [2.05, 4.69) is 10.2 Å². The zero-order chi connectivity index (χ0) is 13.5. The summed E-state index contributed by atoms with van der Waals surface area (Å²) < 4.78 is 0. The van der Waals surface area contributed by atoms with Crippen LogP contribution >= 0.6 is 11.6 Å². The molecule has 0 bridgehead atoms. The lowest BCUT2D eigenvalue weighted by atomic mass is 10.2. The van der Waals surface area contributed by atoms with Crippen molar-refractivity contribution < 1.29 is 4.79 Å². The largest absolute Gasteiger partial charge is 0.398 e. The Morgan fingerprint density at radius 3 is 2.72 bits per heavy atom.